The summed E-state index contributed by atoms with van der Waals surface area (Å²) in [6, 6.07) is 45.9. The van der Waals surface area contributed by atoms with Crippen molar-refractivity contribution in [2.24, 2.45) is 0 Å². The van der Waals surface area contributed by atoms with Gasteiger partial charge < -0.3 is 4.57 Å². The predicted octanol–water partition coefficient (Wildman–Crippen LogP) is 9.71. The van der Waals surface area contributed by atoms with Gasteiger partial charge in [0.1, 0.15) is 0 Å². The highest BCUT2D eigenvalue weighted by atomic mass is 15.0. The maximum absolute atomic E-state index is 2.42. The molecule has 1 nitrogen and oxygen atoms in total. The topological polar surface area (TPSA) is 4.93 Å². The molecule has 0 spiro atoms. The Labute approximate surface area is 217 Å². The molecule has 0 amide bonds. The molecule has 0 saturated carbocycles. The van der Waals surface area contributed by atoms with Gasteiger partial charge >= 0.3 is 0 Å². The highest BCUT2D eigenvalue weighted by Crippen LogP contribution is 2.37. The van der Waals surface area contributed by atoms with Crippen LogP contribution in [0.3, 0.4) is 0 Å². The summed E-state index contributed by atoms with van der Waals surface area (Å²) in [6.45, 7) is 0. The zero-order chi connectivity index (χ0) is 24.6. The van der Waals surface area contributed by atoms with Crippen LogP contribution < -0.4 is 0 Å². The third-order valence-electron chi connectivity index (χ3n) is 7.56. The Bertz CT molecular complexity index is 1770. The number of allylic oxidation sites excluding steroid dienone is 4. The van der Waals surface area contributed by atoms with Gasteiger partial charge in [-0.15, -0.1) is 0 Å². The molecule has 1 aliphatic rings. The van der Waals surface area contributed by atoms with Crippen molar-refractivity contribution in [2.75, 3.05) is 0 Å². The molecule has 1 heteroatoms. The molecule has 37 heavy (non-hydrogen) atoms. The van der Waals surface area contributed by atoms with Crippen LogP contribution >= 0.6 is 0 Å². The van der Waals surface area contributed by atoms with Crippen LogP contribution in [-0.4, -0.2) is 4.57 Å². The second kappa shape index (κ2) is 9.11. The van der Waals surface area contributed by atoms with E-state index in [9.17, 15) is 0 Å². The molecule has 0 aliphatic heterocycles. The smallest absolute Gasteiger partial charge is 0.0541 e. The van der Waals surface area contributed by atoms with Gasteiger partial charge in [0.2, 0.25) is 0 Å². The third kappa shape index (κ3) is 3.90. The van der Waals surface area contributed by atoms with Crippen LogP contribution in [0.1, 0.15) is 17.9 Å². The van der Waals surface area contributed by atoms with Gasteiger partial charge in [0.15, 0.2) is 0 Å². The van der Waals surface area contributed by atoms with Gasteiger partial charge in [0.05, 0.1) is 11.0 Å². The molecular formula is C36H27N. The molecule has 1 atom stereocenters. The SMILES string of the molecule is C1=CC(c2ccccc2)CC=C1n1c2ccccc2c2cc(-c3ccc(-c4ccccc4)cc3)ccc21. The number of hydrogen-bond donors (Lipinski definition) is 0. The zero-order valence-electron chi connectivity index (χ0n) is 20.6. The minimum Gasteiger partial charge on any atom is -0.310 e. The molecule has 0 fully saturated rings. The Morgan fingerprint density at radius 1 is 0.514 bits per heavy atom. The van der Waals surface area contributed by atoms with Gasteiger partial charge in [-0.05, 0) is 58.5 Å². The number of fused-ring (bicyclic) bond motifs is 3. The fraction of sp³-hybridized carbons (Fsp3) is 0.0556. The Morgan fingerprint density at radius 3 is 1.84 bits per heavy atom. The number of nitrogens with zero attached hydrogens (tertiary/aromatic N) is 1. The van der Waals surface area contributed by atoms with E-state index in [-0.39, 0.29) is 0 Å². The first kappa shape index (κ1) is 21.6. The summed E-state index contributed by atoms with van der Waals surface area (Å²) in [7, 11) is 0. The van der Waals surface area contributed by atoms with Gasteiger partial charge in [-0.3, -0.25) is 0 Å². The Morgan fingerprint density at radius 2 is 1.11 bits per heavy atom. The molecule has 0 saturated heterocycles. The lowest BCUT2D eigenvalue weighted by atomic mass is 9.92. The average molecular weight is 474 g/mol. The molecule has 0 bridgehead atoms. The number of benzene rings is 5. The third-order valence-corrected chi connectivity index (χ3v) is 7.56. The van der Waals surface area contributed by atoms with Gasteiger partial charge in [-0.2, -0.15) is 0 Å². The van der Waals surface area contributed by atoms with E-state index in [0.717, 1.165) is 6.42 Å². The van der Waals surface area contributed by atoms with E-state index in [0.29, 0.717) is 5.92 Å². The van der Waals surface area contributed by atoms with Crippen LogP contribution in [0, 0.1) is 0 Å². The first-order valence-electron chi connectivity index (χ1n) is 13.0. The number of rotatable bonds is 4. The maximum atomic E-state index is 2.42. The van der Waals surface area contributed by atoms with Crippen LogP contribution in [0.15, 0.2) is 146 Å². The summed E-state index contributed by atoms with van der Waals surface area (Å²) in [5, 5.41) is 2.58. The zero-order valence-corrected chi connectivity index (χ0v) is 20.6. The van der Waals surface area contributed by atoms with E-state index < -0.39 is 0 Å². The van der Waals surface area contributed by atoms with Crippen molar-refractivity contribution < 1.29 is 0 Å². The van der Waals surface area contributed by atoms with Gasteiger partial charge in [0.25, 0.3) is 0 Å². The largest absolute Gasteiger partial charge is 0.310 e. The van der Waals surface area contributed by atoms with Crippen LogP contribution in [0.5, 0.6) is 0 Å². The fourth-order valence-corrected chi connectivity index (χ4v) is 5.64. The quantitative estimate of drug-likeness (QED) is 0.240. The van der Waals surface area contributed by atoms with Gasteiger partial charge in [0, 0.05) is 22.4 Å². The second-order valence-electron chi connectivity index (χ2n) is 9.77. The van der Waals surface area contributed by atoms with Crippen LogP contribution in [0.25, 0.3) is 49.8 Å². The highest BCUT2D eigenvalue weighted by Gasteiger charge is 2.17. The second-order valence-corrected chi connectivity index (χ2v) is 9.77. The monoisotopic (exact) mass is 473 g/mol. The molecule has 1 aromatic heterocycles. The van der Waals surface area contributed by atoms with E-state index in [2.05, 4.69) is 150 Å². The molecular weight excluding hydrogens is 446 g/mol. The lowest BCUT2D eigenvalue weighted by molar-refractivity contribution is 0.850. The molecule has 5 aromatic carbocycles. The molecule has 0 N–H and O–H groups in total. The van der Waals surface area contributed by atoms with Crippen molar-refractivity contribution in [3.63, 3.8) is 0 Å². The highest BCUT2D eigenvalue weighted by molar-refractivity contribution is 6.11. The molecule has 1 unspecified atom stereocenters. The Hall–Kier alpha value is -4.62. The van der Waals surface area contributed by atoms with Crippen molar-refractivity contribution >= 4 is 27.5 Å². The summed E-state index contributed by atoms with van der Waals surface area (Å²) < 4.78 is 2.42. The van der Waals surface area contributed by atoms with Crippen molar-refractivity contribution in [1.29, 1.82) is 0 Å². The first-order valence-corrected chi connectivity index (χ1v) is 13.0. The summed E-state index contributed by atoms with van der Waals surface area (Å²) in [5.41, 5.74) is 10.1. The summed E-state index contributed by atoms with van der Waals surface area (Å²) in [5.74, 6) is 0.434. The molecule has 0 radical (unpaired) electrons. The minimum atomic E-state index is 0.434. The van der Waals surface area contributed by atoms with Crippen LogP contribution in [0.2, 0.25) is 0 Å². The van der Waals surface area contributed by atoms with E-state index in [1.54, 1.807) is 0 Å². The van der Waals surface area contributed by atoms with E-state index in [1.807, 2.05) is 0 Å². The maximum Gasteiger partial charge on any atom is 0.0541 e. The predicted molar refractivity (Wildman–Crippen MR) is 158 cm³/mol. The lowest BCUT2D eigenvalue weighted by Crippen LogP contribution is -2.02. The number of aromatic nitrogens is 1. The van der Waals surface area contributed by atoms with Crippen molar-refractivity contribution in [3.8, 4) is 22.3 Å². The van der Waals surface area contributed by atoms with E-state index in [4.69, 9.17) is 0 Å². The van der Waals surface area contributed by atoms with Crippen molar-refractivity contribution in [3.05, 3.63) is 151 Å². The number of para-hydroxylation sites is 1. The molecule has 1 heterocycles. The molecule has 7 rings (SSSR count). The first-order chi connectivity index (χ1) is 18.3. The average Bonchev–Trinajstić information content (AvgIpc) is 3.32. The normalized spacial score (nSPS) is 15.2. The van der Waals surface area contributed by atoms with Crippen molar-refractivity contribution in [2.45, 2.75) is 12.3 Å². The summed E-state index contributed by atoms with van der Waals surface area (Å²) >= 11 is 0. The van der Waals surface area contributed by atoms with E-state index in [1.165, 1.54) is 55.3 Å². The number of hydrogen-bond acceptors (Lipinski definition) is 0. The molecule has 1 aliphatic carbocycles. The lowest BCUT2D eigenvalue weighted by Gasteiger charge is -2.18. The van der Waals surface area contributed by atoms with Gasteiger partial charge in [-0.25, -0.2) is 0 Å². The Kier molecular flexibility index (Phi) is 5.33. The van der Waals surface area contributed by atoms with E-state index >= 15 is 0 Å². The summed E-state index contributed by atoms with van der Waals surface area (Å²) in [4.78, 5) is 0. The van der Waals surface area contributed by atoms with Crippen LogP contribution in [0.4, 0.5) is 0 Å². The molecule has 6 aromatic rings. The van der Waals surface area contributed by atoms with Gasteiger partial charge in [-0.1, -0.05) is 121 Å². The Balaban J connectivity index is 1.28. The van der Waals surface area contributed by atoms with Crippen LogP contribution in [-0.2, 0) is 0 Å². The fourth-order valence-electron chi connectivity index (χ4n) is 5.64. The molecule has 176 valence electrons. The summed E-state index contributed by atoms with van der Waals surface area (Å²) in [6.07, 6.45) is 8.05. The standard InChI is InChI=1S/C36H27N/c1-3-9-26(10-4-1)28-15-17-30(18-16-28)31-21-24-36-34(25-31)33-13-7-8-14-35(33)37(36)32-22-19-29(20-23-32)27-11-5-2-6-12-27/h1-19,21-25,29H,20H2. The minimum absolute atomic E-state index is 0.434. The van der Waals surface area contributed by atoms with Crippen molar-refractivity contribution in [1.82, 2.24) is 4.57 Å².